The van der Waals surface area contributed by atoms with Gasteiger partial charge in [-0.05, 0) is 48.9 Å². The van der Waals surface area contributed by atoms with E-state index in [1.807, 2.05) is 24.3 Å². The van der Waals surface area contributed by atoms with E-state index in [1.165, 1.54) is 23.5 Å². The van der Waals surface area contributed by atoms with Crippen LogP contribution in [0.5, 0.6) is 0 Å². The van der Waals surface area contributed by atoms with Crippen LogP contribution in [-0.4, -0.2) is 37.2 Å². The highest BCUT2D eigenvalue weighted by atomic mass is 32.2. The fourth-order valence-corrected chi connectivity index (χ4v) is 3.99. The molecule has 1 amide bonds. The summed E-state index contributed by atoms with van der Waals surface area (Å²) in [5.41, 5.74) is 1.64. The van der Waals surface area contributed by atoms with E-state index < -0.39 is 15.8 Å². The number of benzene rings is 2. The zero-order valence-corrected chi connectivity index (χ0v) is 15.6. The van der Waals surface area contributed by atoms with Gasteiger partial charge in [0.05, 0.1) is 10.6 Å². The summed E-state index contributed by atoms with van der Waals surface area (Å²) in [5.74, 6) is -0.679. The maximum Gasteiger partial charge on any atom is 0.242 e. The second kappa shape index (κ2) is 7.89. The average molecular weight is 389 g/mol. The third-order valence-electron chi connectivity index (χ3n) is 4.27. The van der Waals surface area contributed by atoms with Crippen LogP contribution in [0.4, 0.5) is 10.1 Å². The highest BCUT2D eigenvalue weighted by molar-refractivity contribution is 7.89. The van der Waals surface area contributed by atoms with Crippen LogP contribution in [0.3, 0.4) is 0 Å². The van der Waals surface area contributed by atoms with Gasteiger partial charge in [-0.2, -0.15) is 0 Å². The number of hydrogen-bond acceptors (Lipinski definition) is 3. The quantitative estimate of drug-likeness (QED) is 0.650. The van der Waals surface area contributed by atoms with E-state index >= 15 is 0 Å². The van der Waals surface area contributed by atoms with Crippen LogP contribution < -0.4 is 5.32 Å². The van der Waals surface area contributed by atoms with Crippen LogP contribution in [0.1, 0.15) is 12.8 Å². The molecule has 0 saturated carbocycles. The van der Waals surface area contributed by atoms with Gasteiger partial charge in [0.15, 0.2) is 0 Å². The van der Waals surface area contributed by atoms with Crippen molar-refractivity contribution < 1.29 is 17.6 Å². The summed E-state index contributed by atoms with van der Waals surface area (Å²) in [5, 5.41) is 3.77. The molecule has 8 heteroatoms. The number of aromatic nitrogens is 1. The zero-order chi connectivity index (χ0) is 19.4. The SMILES string of the molecule is CN(CCCC(=O)Nc1cccc2[nH]ccc12)S(=O)(=O)c1ccc(F)cc1. The molecule has 3 rings (SSSR count). The van der Waals surface area contributed by atoms with Crippen molar-refractivity contribution in [2.24, 2.45) is 0 Å². The molecule has 6 nitrogen and oxygen atoms in total. The van der Waals surface area contributed by atoms with Crippen molar-refractivity contribution in [2.45, 2.75) is 17.7 Å². The van der Waals surface area contributed by atoms with Gasteiger partial charge in [-0.1, -0.05) is 6.07 Å². The number of nitrogens with one attached hydrogen (secondary N) is 2. The molecule has 0 aliphatic rings. The number of anilines is 1. The van der Waals surface area contributed by atoms with E-state index in [2.05, 4.69) is 10.3 Å². The second-order valence-corrected chi connectivity index (χ2v) is 8.22. The molecule has 0 aliphatic carbocycles. The highest BCUT2D eigenvalue weighted by Gasteiger charge is 2.20. The molecular formula is C19H20FN3O3S. The molecule has 0 radical (unpaired) electrons. The average Bonchev–Trinajstić information content (AvgIpc) is 3.12. The Morgan fingerprint density at radius 1 is 1.15 bits per heavy atom. The number of hydrogen-bond donors (Lipinski definition) is 2. The number of fused-ring (bicyclic) bond motifs is 1. The third kappa shape index (κ3) is 4.35. The zero-order valence-electron chi connectivity index (χ0n) is 14.8. The first kappa shape index (κ1) is 19.1. The lowest BCUT2D eigenvalue weighted by atomic mass is 10.2. The summed E-state index contributed by atoms with van der Waals surface area (Å²) in [7, 11) is -2.26. The van der Waals surface area contributed by atoms with Crippen LogP contribution in [0.15, 0.2) is 59.6 Å². The predicted octanol–water partition coefficient (Wildman–Crippen LogP) is 3.35. The van der Waals surface area contributed by atoms with E-state index in [-0.39, 0.29) is 23.8 Å². The Morgan fingerprint density at radius 2 is 1.89 bits per heavy atom. The standard InChI is InChI=1S/C19H20FN3O3S/c1-23(27(25,26)15-9-7-14(20)8-10-15)13-3-6-19(24)22-18-5-2-4-17-16(18)11-12-21-17/h2,4-5,7-12,21H,3,6,13H2,1H3,(H,22,24). The van der Waals surface area contributed by atoms with Gasteiger partial charge in [0, 0.05) is 37.1 Å². The minimum absolute atomic E-state index is 0.0231. The predicted molar refractivity (Wildman–Crippen MR) is 102 cm³/mol. The van der Waals surface area contributed by atoms with Gasteiger partial charge in [0.1, 0.15) is 5.82 Å². The van der Waals surface area contributed by atoms with Gasteiger partial charge in [-0.15, -0.1) is 0 Å². The maximum atomic E-state index is 13.0. The lowest BCUT2D eigenvalue weighted by molar-refractivity contribution is -0.116. The van der Waals surface area contributed by atoms with Crippen LogP contribution in [0, 0.1) is 5.82 Å². The number of nitrogens with zero attached hydrogens (tertiary/aromatic N) is 1. The molecule has 0 unspecified atom stereocenters. The number of halogens is 1. The minimum atomic E-state index is -3.70. The van der Waals surface area contributed by atoms with E-state index in [0.717, 1.165) is 23.0 Å². The molecule has 0 bridgehead atoms. The number of sulfonamides is 1. The normalized spacial score (nSPS) is 11.8. The Hall–Kier alpha value is -2.71. The molecule has 142 valence electrons. The van der Waals surface area contributed by atoms with Gasteiger partial charge in [-0.3, -0.25) is 4.79 Å². The van der Waals surface area contributed by atoms with Crippen molar-refractivity contribution in [1.82, 2.24) is 9.29 Å². The number of amides is 1. The first-order valence-corrected chi connectivity index (χ1v) is 9.90. The van der Waals surface area contributed by atoms with E-state index in [0.29, 0.717) is 12.1 Å². The Balaban J connectivity index is 1.55. The highest BCUT2D eigenvalue weighted by Crippen LogP contribution is 2.22. The molecular weight excluding hydrogens is 369 g/mol. The van der Waals surface area contributed by atoms with Gasteiger partial charge in [-0.25, -0.2) is 17.1 Å². The number of carbonyl (C=O) groups excluding carboxylic acids is 1. The summed E-state index contributed by atoms with van der Waals surface area (Å²) in [6, 6.07) is 12.1. The largest absolute Gasteiger partial charge is 0.361 e. The van der Waals surface area contributed by atoms with Crippen LogP contribution in [0.25, 0.3) is 10.9 Å². The monoisotopic (exact) mass is 389 g/mol. The number of carbonyl (C=O) groups is 1. The molecule has 0 atom stereocenters. The first-order valence-electron chi connectivity index (χ1n) is 8.46. The van der Waals surface area contributed by atoms with Crippen LogP contribution in [-0.2, 0) is 14.8 Å². The smallest absolute Gasteiger partial charge is 0.242 e. The van der Waals surface area contributed by atoms with Crippen molar-refractivity contribution in [1.29, 1.82) is 0 Å². The van der Waals surface area contributed by atoms with Crippen molar-refractivity contribution in [3.05, 3.63) is 60.5 Å². The van der Waals surface area contributed by atoms with Crippen molar-refractivity contribution in [3.63, 3.8) is 0 Å². The topological polar surface area (TPSA) is 82.3 Å². The molecule has 1 heterocycles. The summed E-state index contributed by atoms with van der Waals surface area (Å²) >= 11 is 0. The minimum Gasteiger partial charge on any atom is -0.361 e. The number of aromatic amines is 1. The van der Waals surface area contributed by atoms with Gasteiger partial charge in [0.2, 0.25) is 15.9 Å². The third-order valence-corrected chi connectivity index (χ3v) is 6.14. The molecule has 0 saturated heterocycles. The van der Waals surface area contributed by atoms with E-state index in [1.54, 1.807) is 6.20 Å². The summed E-state index contributed by atoms with van der Waals surface area (Å²) in [6.07, 6.45) is 2.35. The Bertz CT molecular complexity index is 1050. The Morgan fingerprint density at radius 3 is 2.63 bits per heavy atom. The Labute approximate surface area is 157 Å². The molecule has 0 aliphatic heterocycles. The van der Waals surface area contributed by atoms with Crippen molar-refractivity contribution in [2.75, 3.05) is 18.9 Å². The van der Waals surface area contributed by atoms with Crippen LogP contribution >= 0.6 is 0 Å². The molecule has 2 N–H and O–H groups in total. The Kier molecular flexibility index (Phi) is 5.57. The summed E-state index contributed by atoms with van der Waals surface area (Å²) in [4.78, 5) is 15.3. The number of H-pyrrole nitrogens is 1. The maximum absolute atomic E-state index is 13.0. The molecule has 27 heavy (non-hydrogen) atoms. The lowest BCUT2D eigenvalue weighted by Crippen LogP contribution is -2.28. The molecule has 3 aromatic rings. The summed E-state index contributed by atoms with van der Waals surface area (Å²) < 4.78 is 39.0. The second-order valence-electron chi connectivity index (χ2n) is 6.18. The molecule has 0 spiro atoms. The van der Waals surface area contributed by atoms with E-state index in [9.17, 15) is 17.6 Å². The lowest BCUT2D eigenvalue weighted by Gasteiger charge is -2.17. The van der Waals surface area contributed by atoms with Crippen LogP contribution in [0.2, 0.25) is 0 Å². The number of rotatable bonds is 7. The molecule has 1 aromatic heterocycles. The molecule has 2 aromatic carbocycles. The van der Waals surface area contributed by atoms with E-state index in [4.69, 9.17) is 0 Å². The van der Waals surface area contributed by atoms with Gasteiger partial charge >= 0.3 is 0 Å². The fourth-order valence-electron chi connectivity index (χ4n) is 2.78. The first-order chi connectivity index (χ1) is 12.9. The summed E-state index contributed by atoms with van der Waals surface area (Å²) in [6.45, 7) is 0.182. The fraction of sp³-hybridized carbons (Fsp3) is 0.211. The van der Waals surface area contributed by atoms with Crippen molar-refractivity contribution >= 4 is 32.5 Å². The van der Waals surface area contributed by atoms with Crippen molar-refractivity contribution in [3.8, 4) is 0 Å². The van der Waals surface area contributed by atoms with Gasteiger partial charge in [0.25, 0.3) is 0 Å². The molecule has 0 fully saturated rings. The van der Waals surface area contributed by atoms with Gasteiger partial charge < -0.3 is 10.3 Å².